The fourth-order valence-corrected chi connectivity index (χ4v) is 4.12. The van der Waals surface area contributed by atoms with Crippen molar-refractivity contribution in [2.24, 2.45) is 0 Å². The fraction of sp³-hybridized carbons (Fsp3) is 0.115. The molecule has 0 saturated carbocycles. The summed E-state index contributed by atoms with van der Waals surface area (Å²) in [5, 5.41) is 7.76. The fourth-order valence-electron chi connectivity index (χ4n) is 4.00. The predicted molar refractivity (Wildman–Crippen MR) is 129 cm³/mol. The molecule has 0 bridgehead atoms. The normalized spacial score (nSPS) is 16.1. The van der Waals surface area contributed by atoms with Crippen LogP contribution < -0.4 is 10.2 Å². The number of carbonyl (C=O) groups is 1. The topological polar surface area (TPSA) is 71.3 Å². The van der Waals surface area contributed by atoms with Gasteiger partial charge in [0.2, 0.25) is 5.82 Å². The molecule has 1 unspecified atom stereocenters. The Morgan fingerprint density at radius 3 is 2.47 bits per heavy atom. The quantitative estimate of drug-likeness (QED) is 0.364. The maximum absolute atomic E-state index is 14.3. The van der Waals surface area contributed by atoms with E-state index in [2.05, 4.69) is 15.5 Å². The highest BCUT2D eigenvalue weighted by atomic mass is 35.5. The molecule has 1 N–H and O–H groups in total. The molecule has 0 fully saturated rings. The number of hydrogen-bond donors (Lipinski definition) is 1. The number of amides is 2. The highest BCUT2D eigenvalue weighted by Gasteiger charge is 2.36. The second-order valence-electron chi connectivity index (χ2n) is 7.99. The third-order valence-electron chi connectivity index (χ3n) is 5.79. The number of allylic oxidation sites excluding steroid dienone is 1. The summed E-state index contributed by atoms with van der Waals surface area (Å²) in [6.07, 6.45) is 0. The smallest absolute Gasteiger partial charge is 0.327 e. The van der Waals surface area contributed by atoms with Crippen LogP contribution in [0.4, 0.5) is 14.9 Å². The lowest BCUT2D eigenvalue weighted by Gasteiger charge is -2.35. The van der Waals surface area contributed by atoms with Crippen molar-refractivity contribution in [1.82, 2.24) is 15.5 Å². The van der Waals surface area contributed by atoms with Gasteiger partial charge in [-0.05, 0) is 61.4 Å². The minimum absolute atomic E-state index is 0.258. The Morgan fingerprint density at radius 2 is 1.76 bits per heavy atom. The van der Waals surface area contributed by atoms with E-state index >= 15 is 0 Å². The van der Waals surface area contributed by atoms with Crippen molar-refractivity contribution in [2.75, 3.05) is 4.90 Å². The molecule has 0 saturated heterocycles. The van der Waals surface area contributed by atoms with Gasteiger partial charge in [-0.3, -0.25) is 4.90 Å². The van der Waals surface area contributed by atoms with Gasteiger partial charge in [0, 0.05) is 16.3 Å². The molecule has 170 valence electrons. The number of aryl methyl sites for hydroxylation is 1. The number of rotatable bonds is 4. The minimum Gasteiger partial charge on any atom is -0.334 e. The molecule has 6 nitrogen and oxygen atoms in total. The van der Waals surface area contributed by atoms with Gasteiger partial charge in [0.1, 0.15) is 5.82 Å². The van der Waals surface area contributed by atoms with Crippen LogP contribution in [0.5, 0.6) is 0 Å². The number of nitrogens with zero attached hydrogens (tertiary/aromatic N) is 3. The Kier molecular flexibility index (Phi) is 5.63. The standard InChI is InChI=1S/C26H20ClFN4O2/c1-15-8-13-20(14-21(15)28)32-16(2)22(23(29-26(32)33)17-6-4-3-5-7-17)25-30-24(31-34-25)18-9-11-19(27)12-10-18/h3-14,23H,1-2H3,(H,29,33). The molecular weight excluding hydrogens is 455 g/mol. The molecule has 8 heteroatoms. The minimum atomic E-state index is -0.529. The zero-order chi connectivity index (χ0) is 23.8. The lowest BCUT2D eigenvalue weighted by atomic mass is 9.94. The number of benzene rings is 3. The monoisotopic (exact) mass is 474 g/mol. The van der Waals surface area contributed by atoms with Crippen LogP contribution in [0.25, 0.3) is 17.0 Å². The van der Waals surface area contributed by atoms with E-state index in [-0.39, 0.29) is 11.9 Å². The largest absolute Gasteiger partial charge is 0.334 e. The van der Waals surface area contributed by atoms with Crippen LogP contribution in [-0.4, -0.2) is 16.2 Å². The first kappa shape index (κ1) is 21.9. The van der Waals surface area contributed by atoms with Crippen LogP contribution in [0.2, 0.25) is 5.02 Å². The third kappa shape index (κ3) is 3.95. The van der Waals surface area contributed by atoms with Gasteiger partial charge in [-0.1, -0.05) is 53.2 Å². The van der Waals surface area contributed by atoms with Crippen molar-refractivity contribution >= 4 is 28.9 Å². The van der Waals surface area contributed by atoms with Crippen molar-refractivity contribution in [2.45, 2.75) is 19.9 Å². The molecule has 0 spiro atoms. The number of halogens is 2. The Labute approximate surface area is 200 Å². The second-order valence-corrected chi connectivity index (χ2v) is 8.43. The molecular formula is C26H20ClFN4O2. The molecule has 34 heavy (non-hydrogen) atoms. The molecule has 1 aromatic heterocycles. The SMILES string of the molecule is CC1=C(c2nc(-c3ccc(Cl)cc3)no2)C(c2ccccc2)NC(=O)N1c1ccc(C)c(F)c1. The number of nitrogens with one attached hydrogen (secondary N) is 1. The second kappa shape index (κ2) is 8.76. The molecule has 5 rings (SSSR count). The van der Waals surface area contributed by atoms with Crippen LogP contribution in [0.1, 0.15) is 30.0 Å². The molecule has 1 atom stereocenters. The van der Waals surface area contributed by atoms with Gasteiger partial charge >= 0.3 is 6.03 Å². The van der Waals surface area contributed by atoms with E-state index in [4.69, 9.17) is 16.1 Å². The number of hydrogen-bond acceptors (Lipinski definition) is 4. The molecule has 2 heterocycles. The van der Waals surface area contributed by atoms with Crippen molar-refractivity contribution < 1.29 is 13.7 Å². The van der Waals surface area contributed by atoms with E-state index in [0.29, 0.717) is 33.4 Å². The summed E-state index contributed by atoms with van der Waals surface area (Å²) < 4.78 is 20.0. The maximum Gasteiger partial charge on any atom is 0.327 e. The van der Waals surface area contributed by atoms with Crippen molar-refractivity contribution in [3.63, 3.8) is 0 Å². The molecule has 1 aliphatic heterocycles. The van der Waals surface area contributed by atoms with Gasteiger partial charge in [0.25, 0.3) is 5.89 Å². The highest BCUT2D eigenvalue weighted by molar-refractivity contribution is 6.30. The Bertz CT molecular complexity index is 1400. The zero-order valence-electron chi connectivity index (χ0n) is 18.4. The average molecular weight is 475 g/mol. The zero-order valence-corrected chi connectivity index (χ0v) is 19.2. The number of anilines is 1. The Balaban J connectivity index is 1.65. The Morgan fingerprint density at radius 1 is 1.03 bits per heavy atom. The number of carbonyl (C=O) groups excluding carboxylic acids is 1. The molecule has 1 aliphatic rings. The average Bonchev–Trinajstić information content (AvgIpc) is 3.31. The van der Waals surface area contributed by atoms with Gasteiger partial charge < -0.3 is 9.84 Å². The van der Waals surface area contributed by atoms with E-state index in [1.807, 2.05) is 30.3 Å². The van der Waals surface area contributed by atoms with Crippen LogP contribution in [0.15, 0.2) is 83.0 Å². The molecule has 0 aliphatic carbocycles. The van der Waals surface area contributed by atoms with E-state index in [1.165, 1.54) is 11.0 Å². The van der Waals surface area contributed by atoms with E-state index in [1.54, 1.807) is 50.2 Å². The third-order valence-corrected chi connectivity index (χ3v) is 6.04. The summed E-state index contributed by atoms with van der Waals surface area (Å²) in [6.45, 7) is 3.46. The molecule has 2 amide bonds. The summed E-state index contributed by atoms with van der Waals surface area (Å²) in [7, 11) is 0. The number of urea groups is 1. The van der Waals surface area contributed by atoms with Gasteiger partial charge in [-0.25, -0.2) is 9.18 Å². The highest BCUT2D eigenvalue weighted by Crippen LogP contribution is 2.39. The first-order chi connectivity index (χ1) is 16.4. The predicted octanol–water partition coefficient (Wildman–Crippen LogP) is 6.54. The summed E-state index contributed by atoms with van der Waals surface area (Å²) in [5.74, 6) is 0.255. The lowest BCUT2D eigenvalue weighted by Crippen LogP contribution is -2.46. The van der Waals surface area contributed by atoms with Crippen molar-refractivity contribution in [1.29, 1.82) is 0 Å². The van der Waals surface area contributed by atoms with E-state index < -0.39 is 11.9 Å². The molecule has 0 radical (unpaired) electrons. The first-order valence-electron chi connectivity index (χ1n) is 10.6. The maximum atomic E-state index is 14.3. The summed E-state index contributed by atoms with van der Waals surface area (Å²) in [6, 6.07) is 20.4. The van der Waals surface area contributed by atoms with E-state index in [9.17, 15) is 9.18 Å². The van der Waals surface area contributed by atoms with Gasteiger partial charge in [0.15, 0.2) is 0 Å². The van der Waals surface area contributed by atoms with Crippen molar-refractivity contribution in [3.8, 4) is 11.4 Å². The van der Waals surface area contributed by atoms with E-state index in [0.717, 1.165) is 11.1 Å². The number of aromatic nitrogens is 2. The van der Waals surface area contributed by atoms with Crippen molar-refractivity contribution in [3.05, 3.63) is 106 Å². The van der Waals surface area contributed by atoms with Crippen LogP contribution in [0.3, 0.4) is 0 Å². The lowest BCUT2D eigenvalue weighted by molar-refractivity contribution is 0.244. The summed E-state index contributed by atoms with van der Waals surface area (Å²) in [5.41, 5.74) is 3.68. The Hall–Kier alpha value is -3.97. The molecule has 3 aromatic carbocycles. The summed E-state index contributed by atoms with van der Waals surface area (Å²) >= 11 is 6.00. The van der Waals surface area contributed by atoms with Gasteiger partial charge in [0.05, 0.1) is 17.3 Å². The van der Waals surface area contributed by atoms with Gasteiger partial charge in [-0.2, -0.15) is 4.98 Å². The van der Waals surface area contributed by atoms with Crippen LogP contribution in [0, 0.1) is 12.7 Å². The van der Waals surface area contributed by atoms with Crippen LogP contribution in [-0.2, 0) is 0 Å². The van der Waals surface area contributed by atoms with Gasteiger partial charge in [-0.15, -0.1) is 0 Å². The molecule has 4 aromatic rings. The summed E-state index contributed by atoms with van der Waals surface area (Å²) in [4.78, 5) is 19.2. The van der Waals surface area contributed by atoms with Crippen LogP contribution >= 0.6 is 11.6 Å². The first-order valence-corrected chi connectivity index (χ1v) is 11.0.